The van der Waals surface area contributed by atoms with E-state index in [-0.39, 0.29) is 18.8 Å². The number of primary amides is 1. The van der Waals surface area contributed by atoms with Gasteiger partial charge in [0.2, 0.25) is 5.91 Å². The van der Waals surface area contributed by atoms with Crippen LogP contribution in [0.15, 0.2) is 6.20 Å². The van der Waals surface area contributed by atoms with Gasteiger partial charge < -0.3 is 16.6 Å². The number of aromatic nitrogens is 2. The molecular weight excluding hydrogens is 238 g/mol. The highest BCUT2D eigenvalue weighted by Gasteiger charge is 2.19. The number of carboxylic acid groups (broad SMARTS) is 1. The molecule has 18 heavy (non-hydrogen) atoms. The van der Waals surface area contributed by atoms with Crippen LogP contribution in [-0.2, 0) is 16.1 Å². The number of nitrogens with one attached hydrogen (secondary N) is 1. The average Bonchev–Trinajstić information content (AvgIpc) is 2.25. The van der Waals surface area contributed by atoms with Gasteiger partial charge in [-0.05, 0) is 6.92 Å². The molecule has 0 bridgehead atoms. The number of rotatable bonds is 6. The molecule has 0 saturated carbocycles. The lowest BCUT2D eigenvalue weighted by atomic mass is 10.2. The Morgan fingerprint density at radius 2 is 2.22 bits per heavy atom. The van der Waals surface area contributed by atoms with Crippen molar-refractivity contribution in [2.45, 2.75) is 25.9 Å². The van der Waals surface area contributed by atoms with E-state index in [1.807, 2.05) is 0 Å². The number of hydrogen-bond acceptors (Lipinski definition) is 6. The monoisotopic (exact) mass is 253 g/mol. The molecule has 1 aromatic rings. The Kier molecular flexibility index (Phi) is 4.55. The number of nitrogen functional groups attached to an aromatic ring is 1. The van der Waals surface area contributed by atoms with Crippen LogP contribution in [0.1, 0.15) is 17.8 Å². The van der Waals surface area contributed by atoms with E-state index in [9.17, 15) is 9.59 Å². The van der Waals surface area contributed by atoms with Crippen molar-refractivity contribution in [3.05, 3.63) is 17.6 Å². The van der Waals surface area contributed by atoms with E-state index >= 15 is 0 Å². The van der Waals surface area contributed by atoms with Crippen LogP contribution >= 0.6 is 0 Å². The fourth-order valence-electron chi connectivity index (χ4n) is 1.33. The summed E-state index contributed by atoms with van der Waals surface area (Å²) in [5, 5.41) is 11.5. The van der Waals surface area contributed by atoms with Crippen molar-refractivity contribution in [1.82, 2.24) is 15.3 Å². The predicted molar refractivity (Wildman–Crippen MR) is 63.3 cm³/mol. The standard InChI is InChI=1S/C10H15N5O3/c1-5-13-3-6(9(12)15-5)4-14-7(10(17)18)2-8(11)16/h3,7,14H,2,4H2,1H3,(H2,11,16)(H,17,18)(H2,12,13,15). The van der Waals surface area contributed by atoms with Gasteiger partial charge in [-0.25, -0.2) is 9.97 Å². The third-order valence-electron chi connectivity index (χ3n) is 2.26. The molecular formula is C10H15N5O3. The minimum atomic E-state index is -1.15. The van der Waals surface area contributed by atoms with Crippen LogP contribution in [-0.4, -0.2) is 33.0 Å². The summed E-state index contributed by atoms with van der Waals surface area (Å²) < 4.78 is 0. The van der Waals surface area contributed by atoms with Crippen molar-refractivity contribution in [3.8, 4) is 0 Å². The van der Waals surface area contributed by atoms with E-state index in [4.69, 9.17) is 16.6 Å². The van der Waals surface area contributed by atoms with Crippen LogP contribution in [0.4, 0.5) is 5.82 Å². The molecule has 6 N–H and O–H groups in total. The van der Waals surface area contributed by atoms with Gasteiger partial charge in [-0.15, -0.1) is 0 Å². The van der Waals surface area contributed by atoms with Gasteiger partial charge in [-0.1, -0.05) is 0 Å². The maximum atomic E-state index is 10.9. The molecule has 0 aliphatic carbocycles. The summed E-state index contributed by atoms with van der Waals surface area (Å²) in [7, 11) is 0. The van der Waals surface area contributed by atoms with E-state index in [2.05, 4.69) is 15.3 Å². The molecule has 1 aromatic heterocycles. The van der Waals surface area contributed by atoms with Crippen molar-refractivity contribution in [1.29, 1.82) is 0 Å². The number of carbonyl (C=O) groups is 2. The molecule has 1 rings (SSSR count). The lowest BCUT2D eigenvalue weighted by molar-refractivity contribution is -0.141. The summed E-state index contributed by atoms with van der Waals surface area (Å²) in [6, 6.07) is -1.05. The van der Waals surface area contributed by atoms with Gasteiger partial charge in [0.1, 0.15) is 17.7 Å². The van der Waals surface area contributed by atoms with Crippen LogP contribution < -0.4 is 16.8 Å². The summed E-state index contributed by atoms with van der Waals surface area (Å²) in [5.41, 5.74) is 11.2. The number of carbonyl (C=O) groups excluding carboxylic acids is 1. The molecule has 1 atom stereocenters. The molecule has 0 aromatic carbocycles. The number of nitrogens with zero attached hydrogens (tertiary/aromatic N) is 2. The second-order valence-corrected chi connectivity index (χ2v) is 3.77. The van der Waals surface area contributed by atoms with Gasteiger partial charge in [0.25, 0.3) is 0 Å². The Hall–Kier alpha value is -2.22. The first-order chi connectivity index (χ1) is 8.40. The van der Waals surface area contributed by atoms with Crippen LogP contribution in [0.3, 0.4) is 0 Å². The molecule has 8 nitrogen and oxygen atoms in total. The maximum Gasteiger partial charge on any atom is 0.321 e. The second kappa shape index (κ2) is 5.92. The SMILES string of the molecule is Cc1ncc(CNC(CC(N)=O)C(=O)O)c(N)n1. The zero-order valence-electron chi connectivity index (χ0n) is 9.88. The topological polar surface area (TPSA) is 144 Å². The summed E-state index contributed by atoms with van der Waals surface area (Å²) in [5.74, 6) is -1.04. The Labute approximate surface area is 103 Å². The fourth-order valence-corrected chi connectivity index (χ4v) is 1.33. The van der Waals surface area contributed by atoms with Crippen molar-refractivity contribution in [3.63, 3.8) is 0 Å². The molecule has 0 aliphatic rings. The molecule has 0 fully saturated rings. The average molecular weight is 253 g/mol. The third kappa shape index (κ3) is 3.98. The van der Waals surface area contributed by atoms with Crippen LogP contribution in [0.5, 0.6) is 0 Å². The summed E-state index contributed by atoms with van der Waals surface area (Å²) in [6.07, 6.45) is 1.22. The predicted octanol–water partition coefficient (Wildman–Crippen LogP) is -1.21. The summed E-state index contributed by atoms with van der Waals surface area (Å²) in [6.45, 7) is 1.84. The van der Waals surface area contributed by atoms with E-state index in [1.165, 1.54) is 6.20 Å². The maximum absolute atomic E-state index is 10.9. The number of amides is 1. The molecule has 98 valence electrons. The summed E-state index contributed by atoms with van der Waals surface area (Å²) in [4.78, 5) is 29.5. The van der Waals surface area contributed by atoms with E-state index in [1.54, 1.807) is 6.92 Å². The number of nitrogens with two attached hydrogens (primary N) is 2. The quantitative estimate of drug-likeness (QED) is 0.497. The first-order valence-electron chi connectivity index (χ1n) is 5.22. The molecule has 0 spiro atoms. The van der Waals surface area contributed by atoms with Crippen molar-refractivity contribution in [2.24, 2.45) is 5.73 Å². The Balaban J connectivity index is 2.66. The smallest absolute Gasteiger partial charge is 0.321 e. The van der Waals surface area contributed by atoms with E-state index in [0.29, 0.717) is 11.4 Å². The molecule has 1 amide bonds. The highest BCUT2D eigenvalue weighted by atomic mass is 16.4. The van der Waals surface area contributed by atoms with Crippen LogP contribution in [0.25, 0.3) is 0 Å². The molecule has 0 aliphatic heterocycles. The van der Waals surface area contributed by atoms with E-state index < -0.39 is 17.9 Å². The highest BCUT2D eigenvalue weighted by Crippen LogP contribution is 2.07. The van der Waals surface area contributed by atoms with Gasteiger partial charge in [0.15, 0.2) is 0 Å². The number of aryl methyl sites for hydroxylation is 1. The third-order valence-corrected chi connectivity index (χ3v) is 2.26. The second-order valence-electron chi connectivity index (χ2n) is 3.77. The first-order valence-corrected chi connectivity index (χ1v) is 5.22. The summed E-state index contributed by atoms with van der Waals surface area (Å²) >= 11 is 0. The largest absolute Gasteiger partial charge is 0.480 e. The van der Waals surface area contributed by atoms with Crippen molar-refractivity contribution >= 4 is 17.7 Å². The Morgan fingerprint density at radius 3 is 2.72 bits per heavy atom. The number of hydrogen-bond donors (Lipinski definition) is 4. The zero-order valence-corrected chi connectivity index (χ0v) is 9.88. The first kappa shape index (κ1) is 13.8. The van der Waals surface area contributed by atoms with Gasteiger partial charge >= 0.3 is 5.97 Å². The van der Waals surface area contributed by atoms with Crippen molar-refractivity contribution in [2.75, 3.05) is 5.73 Å². The minimum Gasteiger partial charge on any atom is -0.480 e. The van der Waals surface area contributed by atoms with Crippen molar-refractivity contribution < 1.29 is 14.7 Å². The van der Waals surface area contributed by atoms with Gasteiger partial charge in [0, 0.05) is 18.3 Å². The van der Waals surface area contributed by atoms with Crippen LogP contribution in [0.2, 0.25) is 0 Å². The fraction of sp³-hybridized carbons (Fsp3) is 0.400. The lowest BCUT2D eigenvalue weighted by Gasteiger charge is -2.13. The number of aliphatic carboxylic acids is 1. The number of anilines is 1. The molecule has 1 unspecified atom stereocenters. The van der Waals surface area contributed by atoms with Gasteiger partial charge in [-0.2, -0.15) is 0 Å². The Bertz CT molecular complexity index is 463. The molecule has 1 heterocycles. The highest BCUT2D eigenvalue weighted by molar-refractivity contribution is 5.83. The minimum absolute atomic E-state index is 0.149. The molecule has 0 radical (unpaired) electrons. The zero-order chi connectivity index (χ0) is 13.7. The van der Waals surface area contributed by atoms with Gasteiger partial charge in [0.05, 0.1) is 6.42 Å². The molecule has 8 heteroatoms. The van der Waals surface area contributed by atoms with Crippen LogP contribution in [0, 0.1) is 6.92 Å². The Morgan fingerprint density at radius 1 is 1.56 bits per heavy atom. The van der Waals surface area contributed by atoms with E-state index in [0.717, 1.165) is 0 Å². The molecule has 0 saturated heterocycles. The van der Waals surface area contributed by atoms with Gasteiger partial charge in [-0.3, -0.25) is 14.9 Å². The lowest BCUT2D eigenvalue weighted by Crippen LogP contribution is -2.39. The number of carboxylic acids is 1. The normalized spacial score (nSPS) is 12.1.